The van der Waals surface area contributed by atoms with Gasteiger partial charge in [0.25, 0.3) is 5.91 Å². The van der Waals surface area contributed by atoms with Gasteiger partial charge >= 0.3 is 0 Å². The van der Waals surface area contributed by atoms with Gasteiger partial charge in [0, 0.05) is 5.56 Å². The third kappa shape index (κ3) is 2.91. The highest BCUT2D eigenvalue weighted by Gasteiger charge is 2.35. The van der Waals surface area contributed by atoms with Gasteiger partial charge in [-0.05, 0) is 25.1 Å². The van der Waals surface area contributed by atoms with Crippen molar-refractivity contribution in [2.45, 2.75) is 13.0 Å². The van der Waals surface area contributed by atoms with Crippen LogP contribution in [0.4, 0.5) is 11.4 Å². The van der Waals surface area contributed by atoms with Gasteiger partial charge in [-0.2, -0.15) is 20.3 Å². The Bertz CT molecular complexity index is 846. The minimum atomic E-state index is -1.37. The molecule has 0 aromatic heterocycles. The van der Waals surface area contributed by atoms with Crippen LogP contribution in [0.1, 0.15) is 17.3 Å². The number of rotatable bonds is 4. The third-order valence-corrected chi connectivity index (χ3v) is 3.49. The molecule has 3 rings (SSSR count). The van der Waals surface area contributed by atoms with Crippen LogP contribution in [0.25, 0.3) is 0 Å². The van der Waals surface area contributed by atoms with E-state index in [1.54, 1.807) is 31.2 Å². The number of azo groups is 1. The first kappa shape index (κ1) is 15.5. The first-order valence-electron chi connectivity index (χ1n) is 7.23. The minimum Gasteiger partial charge on any atom is -0.545 e. The average Bonchev–Trinajstić information content (AvgIpc) is 2.88. The van der Waals surface area contributed by atoms with Crippen LogP contribution in [0, 0.1) is 0 Å². The molecule has 7 heteroatoms. The van der Waals surface area contributed by atoms with Crippen molar-refractivity contribution in [2.75, 3.05) is 5.01 Å². The molecule has 0 unspecified atom stereocenters. The van der Waals surface area contributed by atoms with Crippen LogP contribution >= 0.6 is 0 Å². The van der Waals surface area contributed by atoms with Gasteiger partial charge in [-0.3, -0.25) is 4.79 Å². The Morgan fingerprint density at radius 2 is 1.79 bits per heavy atom. The van der Waals surface area contributed by atoms with Crippen molar-refractivity contribution >= 4 is 29.0 Å². The lowest BCUT2D eigenvalue weighted by atomic mass is 10.1. The molecule has 120 valence electrons. The summed E-state index contributed by atoms with van der Waals surface area (Å²) in [5.41, 5.74) is 1.10. The summed E-state index contributed by atoms with van der Waals surface area (Å²) >= 11 is 0. The molecule has 2 aromatic rings. The van der Waals surface area contributed by atoms with E-state index in [4.69, 9.17) is 0 Å². The van der Waals surface area contributed by atoms with Gasteiger partial charge in [0.05, 0.1) is 23.1 Å². The van der Waals surface area contributed by atoms with Crippen molar-refractivity contribution in [1.82, 2.24) is 0 Å². The number of para-hydroxylation sites is 1. The quantitative estimate of drug-likeness (QED) is 0.804. The van der Waals surface area contributed by atoms with E-state index in [9.17, 15) is 14.7 Å². The maximum absolute atomic E-state index is 12.6. The second-order valence-electron chi connectivity index (χ2n) is 5.15. The van der Waals surface area contributed by atoms with Crippen LogP contribution in [-0.2, 0) is 4.79 Å². The zero-order chi connectivity index (χ0) is 17.1. The first-order valence-corrected chi connectivity index (χ1v) is 7.23. The number of carbonyl (C=O) groups excluding carboxylic acids is 2. The standard InChI is InChI=1S/C17H14N4O3/c1-11-15(19-18-12-7-3-2-4-8-12)16(22)21(20-11)14-10-6-5-9-13(14)17(23)24/h2-10,15H,1H3,(H,23,24)/p-1/t15-/m1/s1. The number of hydrogen-bond acceptors (Lipinski definition) is 6. The van der Waals surface area contributed by atoms with Gasteiger partial charge in [0.1, 0.15) is 0 Å². The molecule has 2 aromatic carbocycles. The highest BCUT2D eigenvalue weighted by molar-refractivity contribution is 6.19. The van der Waals surface area contributed by atoms with E-state index < -0.39 is 17.9 Å². The van der Waals surface area contributed by atoms with E-state index in [1.807, 2.05) is 18.2 Å². The Labute approximate surface area is 137 Å². The fourth-order valence-electron chi connectivity index (χ4n) is 2.31. The molecule has 0 saturated heterocycles. The SMILES string of the molecule is CC1=NN(c2ccccc2C(=O)[O-])C(=O)[C@@H]1N=Nc1ccccc1. The van der Waals surface area contributed by atoms with Crippen LogP contribution < -0.4 is 10.1 Å². The fourth-order valence-corrected chi connectivity index (χ4v) is 2.31. The van der Waals surface area contributed by atoms with Crippen LogP contribution in [0.5, 0.6) is 0 Å². The third-order valence-electron chi connectivity index (χ3n) is 3.49. The van der Waals surface area contributed by atoms with Gasteiger partial charge in [0.15, 0.2) is 6.04 Å². The molecule has 0 N–H and O–H groups in total. The lowest BCUT2D eigenvalue weighted by Gasteiger charge is -2.17. The first-order chi connectivity index (χ1) is 11.6. The van der Waals surface area contributed by atoms with Crippen molar-refractivity contribution in [3.05, 3.63) is 60.2 Å². The number of hydrogen-bond donors (Lipinski definition) is 0. The van der Waals surface area contributed by atoms with Crippen LogP contribution in [-0.4, -0.2) is 23.6 Å². The van der Waals surface area contributed by atoms with Crippen LogP contribution in [0.15, 0.2) is 69.9 Å². The smallest absolute Gasteiger partial charge is 0.280 e. The fraction of sp³-hybridized carbons (Fsp3) is 0.118. The van der Waals surface area contributed by atoms with E-state index in [0.717, 1.165) is 5.01 Å². The van der Waals surface area contributed by atoms with E-state index >= 15 is 0 Å². The Hall–Kier alpha value is -3.35. The number of aromatic carboxylic acids is 1. The summed E-state index contributed by atoms with van der Waals surface area (Å²) in [6.07, 6.45) is 0. The van der Waals surface area contributed by atoms with E-state index in [-0.39, 0.29) is 11.3 Å². The van der Waals surface area contributed by atoms with Gasteiger partial charge in [-0.1, -0.05) is 36.4 Å². The van der Waals surface area contributed by atoms with Gasteiger partial charge in [0.2, 0.25) is 0 Å². The highest BCUT2D eigenvalue weighted by atomic mass is 16.4. The summed E-state index contributed by atoms with van der Waals surface area (Å²) in [6.45, 7) is 1.65. The van der Waals surface area contributed by atoms with Gasteiger partial charge < -0.3 is 9.90 Å². The molecule has 0 spiro atoms. The summed E-state index contributed by atoms with van der Waals surface area (Å²) in [7, 11) is 0. The predicted octanol–water partition coefficient (Wildman–Crippen LogP) is 1.93. The Morgan fingerprint density at radius 3 is 2.50 bits per heavy atom. The summed E-state index contributed by atoms with van der Waals surface area (Å²) < 4.78 is 0. The molecule has 1 aliphatic rings. The molecule has 0 fully saturated rings. The van der Waals surface area contributed by atoms with Crippen molar-refractivity contribution in [3.8, 4) is 0 Å². The molecule has 0 saturated carbocycles. The molecular formula is C17H13N4O3-. The average molecular weight is 321 g/mol. The number of anilines is 1. The van der Waals surface area contributed by atoms with Crippen LogP contribution in [0.2, 0.25) is 0 Å². The van der Waals surface area contributed by atoms with Crippen molar-refractivity contribution < 1.29 is 14.7 Å². The van der Waals surface area contributed by atoms with E-state index in [1.165, 1.54) is 12.1 Å². The molecule has 0 radical (unpaired) electrons. The van der Waals surface area contributed by atoms with Crippen molar-refractivity contribution in [2.24, 2.45) is 15.3 Å². The second kappa shape index (κ2) is 6.41. The van der Waals surface area contributed by atoms with Crippen molar-refractivity contribution in [3.63, 3.8) is 0 Å². The summed E-state index contributed by atoms with van der Waals surface area (Å²) in [5, 5.41) is 24.5. The normalized spacial score (nSPS) is 17.4. The van der Waals surface area contributed by atoms with Gasteiger partial charge in [-0.25, -0.2) is 0 Å². The topological polar surface area (TPSA) is 97.5 Å². The number of nitrogens with zero attached hydrogens (tertiary/aromatic N) is 4. The van der Waals surface area contributed by atoms with E-state index in [2.05, 4.69) is 15.3 Å². The predicted molar refractivity (Wildman–Crippen MR) is 86.1 cm³/mol. The molecule has 0 aliphatic carbocycles. The maximum atomic E-state index is 12.6. The lowest BCUT2D eigenvalue weighted by molar-refractivity contribution is -0.254. The number of carboxylic acid groups (broad SMARTS) is 1. The van der Waals surface area contributed by atoms with Crippen molar-refractivity contribution in [1.29, 1.82) is 0 Å². The molecule has 1 heterocycles. The summed E-state index contributed by atoms with van der Waals surface area (Å²) in [4.78, 5) is 23.8. The van der Waals surface area contributed by atoms with Gasteiger partial charge in [-0.15, -0.1) is 0 Å². The molecule has 1 atom stereocenters. The Morgan fingerprint density at radius 1 is 1.12 bits per heavy atom. The molecule has 1 aliphatic heterocycles. The number of amides is 1. The Balaban J connectivity index is 1.89. The largest absolute Gasteiger partial charge is 0.545 e. The molecule has 7 nitrogen and oxygen atoms in total. The monoisotopic (exact) mass is 321 g/mol. The molecule has 0 bridgehead atoms. The summed E-state index contributed by atoms with van der Waals surface area (Å²) in [6, 6.07) is 14.2. The zero-order valence-corrected chi connectivity index (χ0v) is 12.8. The maximum Gasteiger partial charge on any atom is 0.280 e. The number of hydrazone groups is 1. The second-order valence-corrected chi connectivity index (χ2v) is 5.15. The molecule has 1 amide bonds. The minimum absolute atomic E-state index is 0.108. The number of carbonyl (C=O) groups is 2. The van der Waals surface area contributed by atoms with E-state index in [0.29, 0.717) is 11.4 Å². The van der Waals surface area contributed by atoms with Crippen LogP contribution in [0.3, 0.4) is 0 Å². The number of carboxylic acids is 1. The lowest BCUT2D eigenvalue weighted by Crippen LogP contribution is -2.32. The highest BCUT2D eigenvalue weighted by Crippen LogP contribution is 2.26. The molecular weight excluding hydrogens is 308 g/mol. The zero-order valence-electron chi connectivity index (χ0n) is 12.8. The molecule has 24 heavy (non-hydrogen) atoms. The number of benzene rings is 2. The Kier molecular flexibility index (Phi) is 4.15. The summed E-state index contributed by atoms with van der Waals surface area (Å²) in [5.74, 6) is -1.83.